The van der Waals surface area contributed by atoms with E-state index in [1.807, 2.05) is 24.3 Å². The van der Waals surface area contributed by atoms with Gasteiger partial charge in [-0.05, 0) is 26.0 Å². The molecule has 0 aliphatic heterocycles. The van der Waals surface area contributed by atoms with E-state index in [2.05, 4.69) is 4.98 Å². The van der Waals surface area contributed by atoms with Gasteiger partial charge in [0.15, 0.2) is 0 Å². The Morgan fingerprint density at radius 1 is 1.43 bits per heavy atom. The van der Waals surface area contributed by atoms with Gasteiger partial charge in [0.2, 0.25) is 5.91 Å². The molecule has 4 heteroatoms. The van der Waals surface area contributed by atoms with Crippen LogP contribution in [0.2, 0.25) is 0 Å². The number of imidazole rings is 1. The van der Waals surface area contributed by atoms with Gasteiger partial charge in [0.1, 0.15) is 5.82 Å². The molecule has 0 fully saturated rings. The van der Waals surface area contributed by atoms with Gasteiger partial charge in [-0.2, -0.15) is 0 Å². The van der Waals surface area contributed by atoms with Crippen LogP contribution in [0.1, 0.15) is 21.9 Å². The summed E-state index contributed by atoms with van der Waals surface area (Å²) in [5.74, 6) is 0.443. The van der Waals surface area contributed by atoms with Crippen molar-refractivity contribution >= 4 is 11.4 Å². The van der Waals surface area contributed by atoms with Crippen molar-refractivity contribution in [1.29, 1.82) is 0 Å². The van der Waals surface area contributed by atoms with Crippen molar-refractivity contribution in [2.45, 2.75) is 13.8 Å². The fourth-order valence-corrected chi connectivity index (χ4v) is 1.56. The minimum atomic E-state index is -0.419. The summed E-state index contributed by atoms with van der Waals surface area (Å²) in [7, 11) is 0. The molecule has 1 amide bonds. The molecule has 2 aromatic heterocycles. The van der Waals surface area contributed by atoms with Crippen LogP contribution in [-0.2, 0) is 0 Å². The van der Waals surface area contributed by atoms with Crippen molar-refractivity contribution in [2.24, 2.45) is 5.73 Å². The van der Waals surface area contributed by atoms with Gasteiger partial charge in [-0.15, -0.1) is 0 Å². The molecule has 0 bridgehead atoms. The molecule has 0 saturated heterocycles. The van der Waals surface area contributed by atoms with Crippen molar-refractivity contribution in [3.05, 3.63) is 35.4 Å². The van der Waals surface area contributed by atoms with Crippen LogP contribution < -0.4 is 5.73 Å². The SMILES string of the molecule is Cc1nc(C)n2cc(C(N)=O)ccc12. The summed E-state index contributed by atoms with van der Waals surface area (Å²) in [6.07, 6.45) is 1.72. The minimum absolute atomic E-state index is 0.419. The molecule has 0 unspecified atom stereocenters. The van der Waals surface area contributed by atoms with E-state index >= 15 is 0 Å². The largest absolute Gasteiger partial charge is 0.366 e. The number of carbonyl (C=O) groups is 1. The average molecular weight is 189 g/mol. The maximum Gasteiger partial charge on any atom is 0.250 e. The van der Waals surface area contributed by atoms with Gasteiger partial charge in [-0.1, -0.05) is 0 Å². The minimum Gasteiger partial charge on any atom is -0.366 e. The lowest BCUT2D eigenvalue weighted by molar-refractivity contribution is 0.1000. The van der Waals surface area contributed by atoms with Crippen molar-refractivity contribution < 1.29 is 4.79 Å². The quantitative estimate of drug-likeness (QED) is 0.728. The Morgan fingerprint density at radius 2 is 2.14 bits per heavy atom. The standard InChI is InChI=1S/C10H11N3O/c1-6-9-4-3-8(10(11)14)5-13(9)7(2)12-6/h3-5H,1-2H3,(H2,11,14). The zero-order valence-corrected chi connectivity index (χ0v) is 8.11. The van der Waals surface area contributed by atoms with Crippen LogP contribution in [0.3, 0.4) is 0 Å². The second kappa shape index (κ2) is 2.83. The second-order valence-corrected chi connectivity index (χ2v) is 3.28. The smallest absolute Gasteiger partial charge is 0.250 e. The molecule has 14 heavy (non-hydrogen) atoms. The molecule has 2 N–H and O–H groups in total. The number of pyridine rings is 1. The van der Waals surface area contributed by atoms with Crippen molar-refractivity contribution in [3.63, 3.8) is 0 Å². The van der Waals surface area contributed by atoms with Gasteiger partial charge in [-0.3, -0.25) is 4.79 Å². The van der Waals surface area contributed by atoms with E-state index in [0.29, 0.717) is 5.56 Å². The summed E-state index contributed by atoms with van der Waals surface area (Å²) in [6.45, 7) is 3.83. The van der Waals surface area contributed by atoms with Gasteiger partial charge in [0, 0.05) is 6.20 Å². The first-order valence-corrected chi connectivity index (χ1v) is 4.34. The molecule has 2 rings (SSSR count). The van der Waals surface area contributed by atoms with Crippen molar-refractivity contribution in [3.8, 4) is 0 Å². The molecule has 2 aromatic rings. The summed E-state index contributed by atoms with van der Waals surface area (Å²) >= 11 is 0. The molecular weight excluding hydrogens is 178 g/mol. The summed E-state index contributed by atoms with van der Waals surface area (Å²) in [5.41, 5.74) is 7.65. The van der Waals surface area contributed by atoms with Crippen LogP contribution in [0, 0.1) is 13.8 Å². The van der Waals surface area contributed by atoms with Crippen LogP contribution in [-0.4, -0.2) is 15.3 Å². The zero-order chi connectivity index (χ0) is 10.3. The molecule has 0 atom stereocenters. The topological polar surface area (TPSA) is 60.4 Å². The van der Waals surface area contributed by atoms with Gasteiger partial charge in [0.25, 0.3) is 0 Å². The van der Waals surface area contributed by atoms with Crippen LogP contribution in [0.4, 0.5) is 0 Å². The number of aromatic nitrogens is 2. The molecule has 4 nitrogen and oxygen atoms in total. The highest BCUT2D eigenvalue weighted by molar-refractivity contribution is 5.92. The molecule has 0 radical (unpaired) electrons. The van der Waals surface area contributed by atoms with Crippen molar-refractivity contribution in [2.75, 3.05) is 0 Å². The Kier molecular flexibility index (Phi) is 1.77. The predicted octanol–water partition coefficient (Wildman–Crippen LogP) is 1.05. The first-order valence-electron chi connectivity index (χ1n) is 4.34. The van der Waals surface area contributed by atoms with Crippen LogP contribution in [0.15, 0.2) is 18.3 Å². The number of carbonyl (C=O) groups excluding carboxylic acids is 1. The van der Waals surface area contributed by atoms with Crippen LogP contribution in [0.25, 0.3) is 5.52 Å². The maximum atomic E-state index is 11.0. The van der Waals surface area contributed by atoms with Gasteiger partial charge >= 0.3 is 0 Å². The fourth-order valence-electron chi connectivity index (χ4n) is 1.56. The summed E-state index contributed by atoms with van der Waals surface area (Å²) in [5, 5.41) is 0. The molecule has 0 spiro atoms. The van der Waals surface area contributed by atoms with Gasteiger partial charge in [-0.25, -0.2) is 4.98 Å². The van der Waals surface area contributed by atoms with E-state index in [1.54, 1.807) is 12.3 Å². The third-order valence-corrected chi connectivity index (χ3v) is 2.28. The lowest BCUT2D eigenvalue weighted by atomic mass is 10.2. The Labute approximate surface area is 81.4 Å². The average Bonchev–Trinajstić information content (AvgIpc) is 2.42. The number of fused-ring (bicyclic) bond motifs is 1. The van der Waals surface area contributed by atoms with E-state index in [4.69, 9.17) is 5.73 Å². The molecule has 0 aliphatic carbocycles. The zero-order valence-electron chi connectivity index (χ0n) is 8.11. The van der Waals surface area contributed by atoms with E-state index < -0.39 is 5.91 Å². The predicted molar refractivity (Wildman–Crippen MR) is 53.2 cm³/mol. The molecule has 2 heterocycles. The van der Waals surface area contributed by atoms with Crippen LogP contribution >= 0.6 is 0 Å². The fraction of sp³-hybridized carbons (Fsp3) is 0.200. The molecule has 72 valence electrons. The number of primary amides is 1. The number of hydrogen-bond acceptors (Lipinski definition) is 2. The Morgan fingerprint density at radius 3 is 2.79 bits per heavy atom. The van der Waals surface area contributed by atoms with Crippen LogP contribution in [0.5, 0.6) is 0 Å². The number of nitrogens with zero attached hydrogens (tertiary/aromatic N) is 2. The first kappa shape index (κ1) is 8.74. The second-order valence-electron chi connectivity index (χ2n) is 3.28. The molecule has 0 aromatic carbocycles. The number of aryl methyl sites for hydroxylation is 2. The highest BCUT2D eigenvalue weighted by Crippen LogP contribution is 2.12. The monoisotopic (exact) mass is 189 g/mol. The van der Waals surface area contributed by atoms with E-state index in [0.717, 1.165) is 17.0 Å². The number of rotatable bonds is 1. The number of nitrogens with two attached hydrogens (primary N) is 1. The summed E-state index contributed by atoms with van der Waals surface area (Å²) in [4.78, 5) is 15.3. The number of amides is 1. The van der Waals surface area contributed by atoms with E-state index in [1.165, 1.54) is 0 Å². The van der Waals surface area contributed by atoms with E-state index in [9.17, 15) is 4.79 Å². The Bertz CT molecular complexity index is 513. The number of hydrogen-bond donors (Lipinski definition) is 1. The third-order valence-electron chi connectivity index (χ3n) is 2.28. The molecule has 0 aliphatic rings. The lowest BCUT2D eigenvalue weighted by Crippen LogP contribution is -2.11. The maximum absolute atomic E-state index is 11.0. The van der Waals surface area contributed by atoms with Crippen molar-refractivity contribution in [1.82, 2.24) is 9.38 Å². The Hall–Kier alpha value is -1.84. The first-order chi connectivity index (χ1) is 6.59. The third kappa shape index (κ3) is 1.16. The molecule has 0 saturated carbocycles. The lowest BCUT2D eigenvalue weighted by Gasteiger charge is -1.99. The normalized spacial score (nSPS) is 10.7. The highest BCUT2D eigenvalue weighted by atomic mass is 16.1. The molecular formula is C10H11N3O. The Balaban J connectivity index is 2.77. The highest BCUT2D eigenvalue weighted by Gasteiger charge is 2.06. The van der Waals surface area contributed by atoms with E-state index in [-0.39, 0.29) is 0 Å². The summed E-state index contributed by atoms with van der Waals surface area (Å²) in [6, 6.07) is 3.57. The van der Waals surface area contributed by atoms with Gasteiger partial charge in [0.05, 0.1) is 16.8 Å². The van der Waals surface area contributed by atoms with Gasteiger partial charge < -0.3 is 10.1 Å². The summed E-state index contributed by atoms with van der Waals surface area (Å²) < 4.78 is 1.87.